The van der Waals surface area contributed by atoms with E-state index in [4.69, 9.17) is 10.5 Å². The van der Waals surface area contributed by atoms with E-state index >= 15 is 0 Å². The number of nitrogen functional groups attached to an aromatic ring is 1. The molecule has 1 saturated carbocycles. The molecule has 1 saturated heterocycles. The van der Waals surface area contributed by atoms with Crippen LogP contribution in [0.2, 0.25) is 0 Å². The van der Waals surface area contributed by atoms with Gasteiger partial charge in [-0.05, 0) is 56.3 Å². The zero-order valence-corrected chi connectivity index (χ0v) is 12.5. The van der Waals surface area contributed by atoms with Gasteiger partial charge in [0.05, 0.1) is 7.11 Å². The lowest BCUT2D eigenvalue weighted by molar-refractivity contribution is 0.0541. The third-order valence-electron chi connectivity index (χ3n) is 5.04. The van der Waals surface area contributed by atoms with Crippen molar-refractivity contribution in [2.24, 2.45) is 5.92 Å². The molecule has 0 amide bonds. The van der Waals surface area contributed by atoms with Gasteiger partial charge in [-0.1, -0.05) is 12.8 Å². The molecule has 2 aliphatic rings. The monoisotopic (exact) mass is 274 g/mol. The van der Waals surface area contributed by atoms with Gasteiger partial charge in [0.25, 0.3) is 0 Å². The summed E-state index contributed by atoms with van der Waals surface area (Å²) in [6.07, 6.45) is 8.38. The number of ether oxygens (including phenoxy) is 1. The molecule has 3 rings (SSSR count). The van der Waals surface area contributed by atoms with Crippen LogP contribution >= 0.6 is 0 Å². The zero-order chi connectivity index (χ0) is 13.9. The summed E-state index contributed by atoms with van der Waals surface area (Å²) in [6.45, 7) is 2.20. The van der Waals surface area contributed by atoms with Gasteiger partial charge in [0.15, 0.2) is 0 Å². The molecule has 0 spiro atoms. The molecule has 110 valence electrons. The lowest BCUT2D eigenvalue weighted by Crippen LogP contribution is -2.46. The summed E-state index contributed by atoms with van der Waals surface area (Å²) in [4.78, 5) is 2.67. The van der Waals surface area contributed by atoms with Crippen LogP contribution in [0.1, 0.15) is 44.1 Å². The van der Waals surface area contributed by atoms with Gasteiger partial charge < -0.3 is 10.5 Å². The summed E-state index contributed by atoms with van der Waals surface area (Å²) in [5.74, 6) is 1.89. The number of likely N-dealkylation sites (tertiary alicyclic amines) is 1. The Morgan fingerprint density at radius 3 is 2.85 bits per heavy atom. The molecule has 2 N–H and O–H groups in total. The van der Waals surface area contributed by atoms with Gasteiger partial charge in [0.2, 0.25) is 0 Å². The molecule has 0 aromatic heterocycles. The minimum atomic E-state index is 0.781. The lowest BCUT2D eigenvalue weighted by atomic mass is 9.78. The maximum Gasteiger partial charge on any atom is 0.123 e. The predicted molar refractivity (Wildman–Crippen MR) is 82.8 cm³/mol. The van der Waals surface area contributed by atoms with E-state index in [1.54, 1.807) is 7.11 Å². The van der Waals surface area contributed by atoms with E-state index in [0.717, 1.165) is 29.9 Å². The Balaban J connectivity index is 1.77. The van der Waals surface area contributed by atoms with Gasteiger partial charge >= 0.3 is 0 Å². The number of nitrogens with two attached hydrogens (primary N) is 1. The smallest absolute Gasteiger partial charge is 0.123 e. The second-order valence-corrected chi connectivity index (χ2v) is 6.30. The fourth-order valence-electron chi connectivity index (χ4n) is 4.07. The minimum absolute atomic E-state index is 0.781. The first-order valence-corrected chi connectivity index (χ1v) is 7.94. The highest BCUT2D eigenvalue weighted by Gasteiger charge is 2.33. The van der Waals surface area contributed by atoms with E-state index in [-0.39, 0.29) is 0 Å². The normalized spacial score (nSPS) is 27.1. The number of benzene rings is 1. The molecule has 2 fully saturated rings. The first-order valence-electron chi connectivity index (χ1n) is 7.94. The fourth-order valence-corrected chi connectivity index (χ4v) is 4.07. The van der Waals surface area contributed by atoms with Crippen LogP contribution in [0.4, 0.5) is 5.69 Å². The molecule has 1 aromatic rings. The van der Waals surface area contributed by atoms with Gasteiger partial charge in [-0.3, -0.25) is 4.90 Å². The number of piperidine rings is 1. The molecule has 0 unspecified atom stereocenters. The maximum absolute atomic E-state index is 5.95. The molecule has 1 aromatic carbocycles. The Labute approximate surface area is 122 Å². The first kappa shape index (κ1) is 13.7. The molecule has 0 radical (unpaired) electrons. The van der Waals surface area contributed by atoms with E-state index in [2.05, 4.69) is 11.0 Å². The van der Waals surface area contributed by atoms with Crippen molar-refractivity contribution in [2.75, 3.05) is 19.4 Å². The van der Waals surface area contributed by atoms with Crippen molar-refractivity contribution in [3.8, 4) is 5.75 Å². The molecule has 1 aliphatic carbocycles. The number of hydrogen-bond acceptors (Lipinski definition) is 3. The summed E-state index contributed by atoms with van der Waals surface area (Å²) in [5.41, 5.74) is 8.01. The highest BCUT2D eigenvalue weighted by molar-refractivity contribution is 5.47. The number of methoxy groups -OCH3 is 1. The van der Waals surface area contributed by atoms with Crippen molar-refractivity contribution in [1.29, 1.82) is 0 Å². The Kier molecular flexibility index (Phi) is 4.16. The largest absolute Gasteiger partial charge is 0.496 e. The predicted octanol–water partition coefficient (Wildman–Crippen LogP) is 3.43. The second-order valence-electron chi connectivity index (χ2n) is 6.30. The number of nitrogens with zero attached hydrogens (tertiary/aromatic N) is 1. The SMILES string of the molecule is COc1ccc(N)cc1CN1CCC[C@H]2CCCC[C@H]21. The van der Waals surface area contributed by atoms with Gasteiger partial charge in [-0.15, -0.1) is 0 Å². The average Bonchev–Trinajstić information content (AvgIpc) is 2.48. The van der Waals surface area contributed by atoms with Gasteiger partial charge in [-0.25, -0.2) is 0 Å². The van der Waals surface area contributed by atoms with Gasteiger partial charge in [0, 0.05) is 23.8 Å². The molecule has 3 heteroatoms. The van der Waals surface area contributed by atoms with E-state index in [1.807, 2.05) is 12.1 Å². The van der Waals surface area contributed by atoms with Crippen molar-refractivity contribution in [2.45, 2.75) is 51.1 Å². The second kappa shape index (κ2) is 6.04. The highest BCUT2D eigenvalue weighted by Crippen LogP contribution is 2.36. The highest BCUT2D eigenvalue weighted by atomic mass is 16.5. The Bertz CT molecular complexity index is 458. The van der Waals surface area contributed by atoms with Crippen LogP contribution in [0, 0.1) is 5.92 Å². The van der Waals surface area contributed by atoms with Crippen molar-refractivity contribution in [3.63, 3.8) is 0 Å². The molecule has 1 heterocycles. The van der Waals surface area contributed by atoms with Crippen LogP contribution < -0.4 is 10.5 Å². The molecular formula is C17H26N2O. The van der Waals surface area contributed by atoms with Crippen molar-refractivity contribution < 1.29 is 4.74 Å². The van der Waals surface area contributed by atoms with Crippen molar-refractivity contribution in [3.05, 3.63) is 23.8 Å². The lowest BCUT2D eigenvalue weighted by Gasteiger charge is -2.44. The molecule has 0 bridgehead atoms. The summed E-state index contributed by atoms with van der Waals surface area (Å²) >= 11 is 0. The molecular weight excluding hydrogens is 248 g/mol. The first-order chi connectivity index (χ1) is 9.78. The Morgan fingerprint density at radius 1 is 1.20 bits per heavy atom. The molecule has 20 heavy (non-hydrogen) atoms. The maximum atomic E-state index is 5.95. The summed E-state index contributed by atoms with van der Waals surface area (Å²) in [6, 6.07) is 6.77. The third-order valence-corrected chi connectivity index (χ3v) is 5.04. The number of rotatable bonds is 3. The third kappa shape index (κ3) is 2.78. The van der Waals surface area contributed by atoms with Crippen LogP contribution in [-0.4, -0.2) is 24.6 Å². The van der Waals surface area contributed by atoms with Gasteiger partial charge in [-0.2, -0.15) is 0 Å². The van der Waals surface area contributed by atoms with Crippen molar-refractivity contribution in [1.82, 2.24) is 4.90 Å². The van der Waals surface area contributed by atoms with Crippen LogP contribution in [-0.2, 0) is 6.54 Å². The molecule has 3 nitrogen and oxygen atoms in total. The quantitative estimate of drug-likeness (QED) is 0.858. The molecule has 1 aliphatic heterocycles. The number of hydrogen-bond donors (Lipinski definition) is 1. The van der Waals surface area contributed by atoms with Crippen LogP contribution in [0.3, 0.4) is 0 Å². The van der Waals surface area contributed by atoms with Crippen LogP contribution in [0.25, 0.3) is 0 Å². The summed E-state index contributed by atoms with van der Waals surface area (Å²) in [7, 11) is 1.74. The Morgan fingerprint density at radius 2 is 2.00 bits per heavy atom. The van der Waals surface area contributed by atoms with E-state index in [0.29, 0.717) is 0 Å². The average molecular weight is 274 g/mol. The Hall–Kier alpha value is -1.22. The van der Waals surface area contributed by atoms with Crippen LogP contribution in [0.5, 0.6) is 5.75 Å². The number of anilines is 1. The number of fused-ring (bicyclic) bond motifs is 1. The summed E-state index contributed by atoms with van der Waals surface area (Å²) < 4.78 is 5.50. The van der Waals surface area contributed by atoms with Crippen molar-refractivity contribution >= 4 is 5.69 Å². The van der Waals surface area contributed by atoms with E-state index in [9.17, 15) is 0 Å². The fraction of sp³-hybridized carbons (Fsp3) is 0.647. The van der Waals surface area contributed by atoms with E-state index < -0.39 is 0 Å². The topological polar surface area (TPSA) is 38.5 Å². The van der Waals surface area contributed by atoms with Crippen LogP contribution in [0.15, 0.2) is 18.2 Å². The summed E-state index contributed by atoms with van der Waals surface area (Å²) in [5, 5.41) is 0. The minimum Gasteiger partial charge on any atom is -0.496 e. The van der Waals surface area contributed by atoms with E-state index in [1.165, 1.54) is 50.6 Å². The molecule has 2 atom stereocenters. The zero-order valence-electron chi connectivity index (χ0n) is 12.5. The standard InChI is InChI=1S/C17H26N2O/c1-20-17-9-8-15(18)11-14(17)12-19-10-4-6-13-5-2-3-7-16(13)19/h8-9,11,13,16H,2-7,10,12,18H2,1H3/t13-,16-/m1/s1. The van der Waals surface area contributed by atoms with Gasteiger partial charge in [0.1, 0.15) is 5.75 Å².